The van der Waals surface area contributed by atoms with E-state index in [1.165, 1.54) is 12.5 Å². The maximum Gasteiger partial charge on any atom is 0.374 e. The van der Waals surface area contributed by atoms with Gasteiger partial charge in [-0.15, -0.1) is 0 Å². The lowest BCUT2D eigenvalue weighted by Gasteiger charge is -2.27. The molecule has 2 amide bonds. The van der Waals surface area contributed by atoms with Gasteiger partial charge in [-0.1, -0.05) is 0 Å². The van der Waals surface area contributed by atoms with Crippen LogP contribution in [0.15, 0.2) is 50.8 Å². The summed E-state index contributed by atoms with van der Waals surface area (Å²) in [7, 11) is 0. The Hall–Kier alpha value is -3.49. The van der Waals surface area contributed by atoms with Crippen LogP contribution >= 0.6 is 0 Å². The number of carbonyl (C=O) groups is 3. The lowest BCUT2D eigenvalue weighted by atomic mass is 10.0. The Balaban J connectivity index is 1.90. The maximum absolute atomic E-state index is 12.5. The summed E-state index contributed by atoms with van der Waals surface area (Å²) < 4.78 is 20.7. The number of amides is 2. The molecule has 0 bridgehead atoms. The topological polar surface area (TPSA) is 120 Å². The van der Waals surface area contributed by atoms with Crippen molar-refractivity contribution in [2.24, 2.45) is 0 Å². The fourth-order valence-electron chi connectivity index (χ4n) is 2.64. The Morgan fingerprint density at radius 2 is 1.96 bits per heavy atom. The minimum Gasteiger partial charge on any atom is -0.467 e. The molecule has 0 saturated heterocycles. The molecular weight excluding hydrogens is 356 g/mol. The van der Waals surface area contributed by atoms with Crippen molar-refractivity contribution in [1.29, 1.82) is 0 Å². The molecule has 9 nitrogen and oxygen atoms in total. The van der Waals surface area contributed by atoms with Crippen LogP contribution in [-0.2, 0) is 14.3 Å². The second-order valence-electron chi connectivity index (χ2n) is 5.67. The second-order valence-corrected chi connectivity index (χ2v) is 5.67. The summed E-state index contributed by atoms with van der Waals surface area (Å²) in [6, 6.07) is 3.44. The van der Waals surface area contributed by atoms with Crippen LogP contribution in [0.25, 0.3) is 0 Å². The zero-order valence-corrected chi connectivity index (χ0v) is 14.7. The van der Waals surface area contributed by atoms with Gasteiger partial charge in [0.05, 0.1) is 30.4 Å². The molecule has 2 aromatic rings. The highest BCUT2D eigenvalue weighted by Crippen LogP contribution is 2.28. The van der Waals surface area contributed by atoms with Gasteiger partial charge >= 0.3 is 18.0 Å². The van der Waals surface area contributed by atoms with Crippen molar-refractivity contribution in [3.63, 3.8) is 0 Å². The standard InChI is InChI=1S/C18H18N2O7/c1-3-24-16(21)13-11(9-27-17(22)15-10(2)6-8-26-15)19-18(23)20-14(13)12-5-4-7-25-12/h4-8,14H,3,9H2,1-2H3,(H2,19,20,23). The van der Waals surface area contributed by atoms with E-state index in [0.29, 0.717) is 11.3 Å². The van der Waals surface area contributed by atoms with E-state index >= 15 is 0 Å². The quantitative estimate of drug-likeness (QED) is 0.744. The van der Waals surface area contributed by atoms with Crippen molar-refractivity contribution in [3.05, 3.63) is 59.1 Å². The normalized spacial score (nSPS) is 16.5. The molecule has 142 valence electrons. The van der Waals surface area contributed by atoms with E-state index in [-0.39, 0.29) is 30.2 Å². The van der Waals surface area contributed by atoms with Gasteiger partial charge < -0.3 is 28.9 Å². The van der Waals surface area contributed by atoms with E-state index in [2.05, 4.69) is 10.6 Å². The Bertz CT molecular complexity index is 879. The predicted molar refractivity (Wildman–Crippen MR) is 90.5 cm³/mol. The SMILES string of the molecule is CCOC(=O)C1=C(COC(=O)c2occc2C)NC(=O)NC1c1ccco1. The first-order valence-corrected chi connectivity index (χ1v) is 8.23. The van der Waals surface area contributed by atoms with Crippen molar-refractivity contribution in [2.45, 2.75) is 19.9 Å². The Morgan fingerprint density at radius 1 is 1.15 bits per heavy atom. The molecule has 0 fully saturated rings. The fraction of sp³-hybridized carbons (Fsp3) is 0.278. The third-order valence-corrected chi connectivity index (χ3v) is 3.87. The number of hydrogen-bond acceptors (Lipinski definition) is 7. The van der Waals surface area contributed by atoms with E-state index in [1.807, 2.05) is 0 Å². The van der Waals surface area contributed by atoms with E-state index < -0.39 is 24.0 Å². The minimum atomic E-state index is -0.869. The first kappa shape index (κ1) is 18.3. The van der Waals surface area contributed by atoms with Gasteiger partial charge in [0.25, 0.3) is 0 Å². The molecule has 9 heteroatoms. The van der Waals surface area contributed by atoms with Crippen molar-refractivity contribution in [1.82, 2.24) is 10.6 Å². The fourth-order valence-corrected chi connectivity index (χ4v) is 2.64. The van der Waals surface area contributed by atoms with Crippen LogP contribution in [0.2, 0.25) is 0 Å². The summed E-state index contributed by atoms with van der Waals surface area (Å²) in [4.78, 5) is 36.7. The smallest absolute Gasteiger partial charge is 0.374 e. The second kappa shape index (κ2) is 7.81. The lowest BCUT2D eigenvalue weighted by molar-refractivity contribution is -0.139. The summed E-state index contributed by atoms with van der Waals surface area (Å²) in [5, 5.41) is 5.09. The highest BCUT2D eigenvalue weighted by Gasteiger charge is 2.35. The van der Waals surface area contributed by atoms with Crippen LogP contribution < -0.4 is 10.6 Å². The number of hydrogen-bond donors (Lipinski definition) is 2. The van der Waals surface area contributed by atoms with E-state index in [0.717, 1.165) is 0 Å². The maximum atomic E-state index is 12.5. The van der Waals surface area contributed by atoms with Crippen molar-refractivity contribution in [2.75, 3.05) is 13.2 Å². The predicted octanol–water partition coefficient (Wildman–Crippen LogP) is 2.21. The molecule has 3 heterocycles. The number of ether oxygens (including phenoxy) is 2. The molecule has 2 aromatic heterocycles. The molecule has 0 aliphatic carbocycles. The number of aryl methyl sites for hydroxylation is 1. The van der Waals surface area contributed by atoms with Gasteiger partial charge in [0, 0.05) is 5.56 Å². The number of carbonyl (C=O) groups excluding carboxylic acids is 3. The molecule has 1 aliphatic heterocycles. The number of furan rings is 2. The summed E-state index contributed by atoms with van der Waals surface area (Å²) in [5.41, 5.74) is 0.814. The minimum absolute atomic E-state index is 0.0520. The molecule has 1 atom stereocenters. The van der Waals surface area contributed by atoms with Crippen LogP contribution in [0.3, 0.4) is 0 Å². The van der Waals surface area contributed by atoms with Gasteiger partial charge in [-0.3, -0.25) is 0 Å². The van der Waals surface area contributed by atoms with Crippen LogP contribution in [0.4, 0.5) is 4.79 Å². The van der Waals surface area contributed by atoms with Gasteiger partial charge in [0.2, 0.25) is 5.76 Å². The summed E-state index contributed by atoms with van der Waals surface area (Å²) in [6.45, 7) is 3.15. The first-order valence-electron chi connectivity index (χ1n) is 8.23. The number of rotatable bonds is 6. The molecule has 0 aromatic carbocycles. The highest BCUT2D eigenvalue weighted by atomic mass is 16.5. The third kappa shape index (κ3) is 3.86. The van der Waals surface area contributed by atoms with Gasteiger partial charge in [0.1, 0.15) is 18.4 Å². The molecule has 3 rings (SSSR count). The monoisotopic (exact) mass is 374 g/mol. The first-order chi connectivity index (χ1) is 13.0. The summed E-state index contributed by atoms with van der Waals surface area (Å²) >= 11 is 0. The molecule has 0 saturated carbocycles. The summed E-state index contributed by atoms with van der Waals surface area (Å²) in [5.74, 6) is -0.975. The van der Waals surface area contributed by atoms with E-state index in [4.69, 9.17) is 18.3 Å². The Morgan fingerprint density at radius 3 is 2.59 bits per heavy atom. The molecular formula is C18H18N2O7. The highest BCUT2D eigenvalue weighted by molar-refractivity contribution is 5.95. The van der Waals surface area contributed by atoms with Gasteiger partial charge in [-0.2, -0.15) is 0 Å². The van der Waals surface area contributed by atoms with Gasteiger partial charge in [0.15, 0.2) is 0 Å². The molecule has 0 radical (unpaired) electrons. The average molecular weight is 374 g/mol. The molecule has 2 N–H and O–H groups in total. The van der Waals surface area contributed by atoms with Gasteiger partial charge in [-0.05, 0) is 32.0 Å². The largest absolute Gasteiger partial charge is 0.467 e. The Labute approximate surface area is 154 Å². The molecule has 0 spiro atoms. The van der Waals surface area contributed by atoms with Crippen molar-refractivity contribution >= 4 is 18.0 Å². The van der Waals surface area contributed by atoms with Crippen LogP contribution in [-0.4, -0.2) is 31.2 Å². The van der Waals surface area contributed by atoms with E-state index in [9.17, 15) is 14.4 Å². The zero-order chi connectivity index (χ0) is 19.4. The van der Waals surface area contributed by atoms with Crippen LogP contribution in [0, 0.1) is 6.92 Å². The van der Waals surface area contributed by atoms with Crippen molar-refractivity contribution in [3.8, 4) is 0 Å². The van der Waals surface area contributed by atoms with Crippen LogP contribution in [0.5, 0.6) is 0 Å². The molecule has 27 heavy (non-hydrogen) atoms. The number of urea groups is 1. The summed E-state index contributed by atoms with van der Waals surface area (Å²) in [6.07, 6.45) is 2.79. The number of esters is 2. The molecule has 1 unspecified atom stereocenters. The average Bonchev–Trinajstić information content (AvgIpc) is 3.30. The zero-order valence-electron chi connectivity index (χ0n) is 14.7. The van der Waals surface area contributed by atoms with Crippen LogP contribution in [0.1, 0.15) is 34.8 Å². The van der Waals surface area contributed by atoms with Gasteiger partial charge in [-0.25, -0.2) is 14.4 Å². The lowest BCUT2D eigenvalue weighted by Crippen LogP contribution is -2.47. The third-order valence-electron chi connectivity index (χ3n) is 3.87. The number of nitrogens with one attached hydrogen (secondary N) is 2. The Kier molecular flexibility index (Phi) is 5.30. The molecule has 1 aliphatic rings. The van der Waals surface area contributed by atoms with Crippen molar-refractivity contribution < 1.29 is 32.7 Å². The van der Waals surface area contributed by atoms with E-state index in [1.54, 1.807) is 32.0 Å².